The number of hydrogen-bond donors (Lipinski definition) is 2. The van der Waals surface area contributed by atoms with Gasteiger partial charge in [-0.25, -0.2) is 10.8 Å². The van der Waals surface area contributed by atoms with E-state index in [1.54, 1.807) is 0 Å². The summed E-state index contributed by atoms with van der Waals surface area (Å²) in [5, 5.41) is 1.15. The number of ether oxygens (including phenoxy) is 1. The smallest absolute Gasteiger partial charge is 0.145 e. The Morgan fingerprint density at radius 2 is 2.10 bits per heavy atom. The zero-order chi connectivity index (χ0) is 14.7. The molecule has 0 spiro atoms. The second-order valence-electron chi connectivity index (χ2n) is 5.59. The lowest BCUT2D eigenvalue weighted by Gasteiger charge is -2.31. The zero-order valence-corrected chi connectivity index (χ0v) is 12.4. The normalized spacial score (nSPS) is 16.5. The maximum absolute atomic E-state index is 5.64. The predicted molar refractivity (Wildman–Crippen MR) is 84.9 cm³/mol. The second-order valence-corrected chi connectivity index (χ2v) is 5.59. The number of rotatable bonds is 4. The second kappa shape index (κ2) is 6.39. The molecule has 3 N–H and O–H groups in total. The number of nitrogen functional groups attached to an aromatic ring is 1. The summed E-state index contributed by atoms with van der Waals surface area (Å²) in [6.07, 6.45) is 2.17. The Balaban J connectivity index is 1.84. The maximum Gasteiger partial charge on any atom is 0.145 e. The van der Waals surface area contributed by atoms with E-state index in [9.17, 15) is 0 Å². The first-order valence-corrected chi connectivity index (χ1v) is 7.41. The topological polar surface area (TPSA) is 63.4 Å². The van der Waals surface area contributed by atoms with E-state index in [1.807, 2.05) is 18.2 Å². The molecule has 1 saturated heterocycles. The van der Waals surface area contributed by atoms with Crippen LogP contribution in [0, 0.1) is 0 Å². The van der Waals surface area contributed by atoms with Gasteiger partial charge < -0.3 is 10.2 Å². The molecule has 2 aromatic rings. The van der Waals surface area contributed by atoms with E-state index in [1.165, 1.54) is 0 Å². The van der Waals surface area contributed by atoms with Crippen LogP contribution in [0.4, 0.5) is 5.82 Å². The maximum atomic E-state index is 5.64. The Morgan fingerprint density at radius 1 is 1.33 bits per heavy atom. The number of nitrogens with zero attached hydrogens (tertiary/aromatic N) is 2. The molecular formula is C16H22N4O. The minimum atomic E-state index is 0.566. The number of nitrogens with two attached hydrogens (primary N) is 1. The molecule has 1 aromatic heterocycles. The minimum Gasteiger partial charge on any atom is -0.381 e. The van der Waals surface area contributed by atoms with Gasteiger partial charge in [0.15, 0.2) is 0 Å². The van der Waals surface area contributed by atoms with Crippen molar-refractivity contribution in [3.63, 3.8) is 0 Å². The van der Waals surface area contributed by atoms with Gasteiger partial charge in [-0.3, -0.25) is 4.90 Å². The van der Waals surface area contributed by atoms with Crippen molar-refractivity contribution in [2.24, 2.45) is 5.84 Å². The van der Waals surface area contributed by atoms with Gasteiger partial charge in [0.1, 0.15) is 5.82 Å². The highest BCUT2D eigenvalue weighted by atomic mass is 16.5. The largest absolute Gasteiger partial charge is 0.381 e. The molecule has 0 atom stereocenters. The zero-order valence-electron chi connectivity index (χ0n) is 12.4. The number of nitrogens with one attached hydrogen (secondary N) is 1. The summed E-state index contributed by atoms with van der Waals surface area (Å²) < 4.78 is 5.43. The first kappa shape index (κ1) is 14.3. The van der Waals surface area contributed by atoms with Crippen LogP contribution < -0.4 is 11.3 Å². The van der Waals surface area contributed by atoms with Gasteiger partial charge in [-0.1, -0.05) is 18.2 Å². The van der Waals surface area contributed by atoms with Crippen LogP contribution in [0.25, 0.3) is 10.9 Å². The van der Waals surface area contributed by atoms with Gasteiger partial charge in [0.25, 0.3) is 0 Å². The Morgan fingerprint density at radius 3 is 2.86 bits per heavy atom. The highest BCUT2D eigenvalue weighted by Crippen LogP contribution is 2.23. The molecule has 21 heavy (non-hydrogen) atoms. The average Bonchev–Trinajstić information content (AvgIpc) is 2.55. The Bertz CT molecular complexity index is 610. The van der Waals surface area contributed by atoms with Crippen molar-refractivity contribution < 1.29 is 4.74 Å². The minimum absolute atomic E-state index is 0.566. The fourth-order valence-electron chi connectivity index (χ4n) is 2.93. The van der Waals surface area contributed by atoms with Crippen LogP contribution in [0.2, 0.25) is 0 Å². The lowest BCUT2D eigenvalue weighted by atomic mass is 10.1. The molecule has 0 unspecified atom stereocenters. The summed E-state index contributed by atoms with van der Waals surface area (Å²) in [5.41, 5.74) is 4.82. The van der Waals surface area contributed by atoms with Gasteiger partial charge in [-0.2, -0.15) is 0 Å². The van der Waals surface area contributed by atoms with Crippen molar-refractivity contribution in [1.82, 2.24) is 9.88 Å². The lowest BCUT2D eigenvalue weighted by Crippen LogP contribution is -2.36. The molecule has 1 aliphatic heterocycles. The quantitative estimate of drug-likeness (QED) is 0.666. The van der Waals surface area contributed by atoms with Crippen LogP contribution in [0.1, 0.15) is 18.4 Å². The fraction of sp³-hybridized carbons (Fsp3) is 0.438. The molecule has 0 saturated carbocycles. The summed E-state index contributed by atoms with van der Waals surface area (Å²) >= 11 is 0. The molecule has 2 heterocycles. The average molecular weight is 286 g/mol. The van der Waals surface area contributed by atoms with Crippen LogP contribution in [-0.2, 0) is 11.3 Å². The predicted octanol–water partition coefficient (Wildman–Crippen LogP) is 2.13. The molecule has 5 nitrogen and oxygen atoms in total. The molecular weight excluding hydrogens is 264 g/mol. The van der Waals surface area contributed by atoms with E-state index in [2.05, 4.69) is 34.5 Å². The number of aromatic nitrogens is 1. The van der Waals surface area contributed by atoms with E-state index in [4.69, 9.17) is 10.6 Å². The van der Waals surface area contributed by atoms with Gasteiger partial charge in [0.2, 0.25) is 0 Å². The van der Waals surface area contributed by atoms with Crippen LogP contribution >= 0.6 is 0 Å². The van der Waals surface area contributed by atoms with Crippen molar-refractivity contribution in [3.8, 4) is 0 Å². The number of fused-ring (bicyclic) bond motifs is 1. The fourth-order valence-corrected chi connectivity index (χ4v) is 2.93. The molecule has 112 valence electrons. The molecule has 0 bridgehead atoms. The summed E-state index contributed by atoms with van der Waals surface area (Å²) in [7, 11) is 2.16. The highest BCUT2D eigenvalue weighted by Gasteiger charge is 2.19. The van der Waals surface area contributed by atoms with Crippen molar-refractivity contribution in [3.05, 3.63) is 35.9 Å². The Kier molecular flexibility index (Phi) is 4.34. The Labute approximate surface area is 125 Å². The third-order valence-electron chi connectivity index (χ3n) is 4.17. The standard InChI is InChI=1S/C16H22N4O/c1-20(14-6-8-21-9-7-14)11-13-10-12-4-2-3-5-15(12)18-16(13)19-17/h2-5,10,14H,6-9,11,17H2,1H3,(H,18,19). The third-order valence-corrected chi connectivity index (χ3v) is 4.17. The number of hydrogen-bond acceptors (Lipinski definition) is 5. The number of hydrazine groups is 1. The van der Waals surface area contributed by atoms with Crippen molar-refractivity contribution in [2.75, 3.05) is 25.7 Å². The summed E-state index contributed by atoms with van der Waals surface area (Å²) in [5.74, 6) is 6.40. The number of anilines is 1. The van der Waals surface area contributed by atoms with Crippen LogP contribution in [0.3, 0.4) is 0 Å². The first-order valence-electron chi connectivity index (χ1n) is 7.41. The summed E-state index contributed by atoms with van der Waals surface area (Å²) in [4.78, 5) is 6.97. The summed E-state index contributed by atoms with van der Waals surface area (Å²) in [6, 6.07) is 10.8. The first-order chi connectivity index (χ1) is 10.3. The number of para-hydroxylation sites is 1. The van der Waals surface area contributed by atoms with Gasteiger partial charge >= 0.3 is 0 Å². The lowest BCUT2D eigenvalue weighted by molar-refractivity contribution is 0.0407. The van der Waals surface area contributed by atoms with Gasteiger partial charge in [-0.15, -0.1) is 0 Å². The van der Waals surface area contributed by atoms with Crippen LogP contribution in [-0.4, -0.2) is 36.2 Å². The molecule has 0 radical (unpaired) electrons. The van der Waals surface area contributed by atoms with Crippen LogP contribution in [0.5, 0.6) is 0 Å². The van der Waals surface area contributed by atoms with E-state index < -0.39 is 0 Å². The van der Waals surface area contributed by atoms with Crippen molar-refractivity contribution in [1.29, 1.82) is 0 Å². The van der Waals surface area contributed by atoms with Gasteiger partial charge in [0.05, 0.1) is 5.52 Å². The molecule has 5 heteroatoms. The van der Waals surface area contributed by atoms with Gasteiger partial charge in [-0.05, 0) is 32.0 Å². The molecule has 3 rings (SSSR count). The van der Waals surface area contributed by atoms with Gasteiger partial charge in [0, 0.05) is 36.8 Å². The summed E-state index contributed by atoms with van der Waals surface area (Å²) in [6.45, 7) is 2.54. The van der Waals surface area contributed by atoms with Crippen LogP contribution in [0.15, 0.2) is 30.3 Å². The Hall–Kier alpha value is -1.69. The number of pyridine rings is 1. The number of benzene rings is 1. The molecule has 1 aliphatic rings. The van der Waals surface area contributed by atoms with Crippen molar-refractivity contribution in [2.45, 2.75) is 25.4 Å². The van der Waals surface area contributed by atoms with Crippen molar-refractivity contribution >= 4 is 16.7 Å². The van der Waals surface area contributed by atoms with E-state index in [-0.39, 0.29) is 0 Å². The monoisotopic (exact) mass is 286 g/mol. The molecule has 1 fully saturated rings. The van der Waals surface area contributed by atoms with E-state index in [0.717, 1.165) is 54.9 Å². The highest BCUT2D eigenvalue weighted by molar-refractivity contribution is 5.81. The molecule has 0 amide bonds. The molecule has 1 aromatic carbocycles. The third kappa shape index (κ3) is 3.15. The van der Waals surface area contributed by atoms with E-state index >= 15 is 0 Å². The van der Waals surface area contributed by atoms with E-state index in [0.29, 0.717) is 6.04 Å². The SMILES string of the molecule is CN(Cc1cc2ccccc2nc1NN)C1CCOCC1. The molecule has 0 aliphatic carbocycles.